The number of halogens is 1. The minimum atomic E-state index is 0.672. The molecular formula is C17H13ClN2O. The Hall–Kier alpha value is -2.26. The Balaban J connectivity index is 1.97. The molecule has 104 valence electrons. The summed E-state index contributed by atoms with van der Waals surface area (Å²) in [5, 5.41) is 5.26. The third kappa shape index (κ3) is 2.10. The first kappa shape index (κ1) is 12.5. The van der Waals surface area contributed by atoms with E-state index in [-0.39, 0.29) is 0 Å². The van der Waals surface area contributed by atoms with Crippen LogP contribution in [-0.4, -0.2) is 16.4 Å². The van der Waals surface area contributed by atoms with Crippen LogP contribution in [0.4, 0.5) is 0 Å². The Bertz CT molecular complexity index is 810. The molecule has 0 unspecified atom stereocenters. The van der Waals surface area contributed by atoms with E-state index in [2.05, 4.69) is 11.2 Å². The number of ether oxygens (including phenoxy) is 1. The van der Waals surface area contributed by atoms with Crippen LogP contribution in [0.3, 0.4) is 0 Å². The zero-order valence-corrected chi connectivity index (χ0v) is 12.0. The van der Waals surface area contributed by atoms with Gasteiger partial charge in [-0.25, -0.2) is 4.68 Å². The van der Waals surface area contributed by atoms with Crippen LogP contribution in [-0.2, 0) is 6.42 Å². The van der Waals surface area contributed by atoms with Gasteiger partial charge in [0.05, 0.1) is 24.2 Å². The molecule has 1 aromatic heterocycles. The molecule has 4 rings (SSSR count). The zero-order chi connectivity index (χ0) is 14.2. The van der Waals surface area contributed by atoms with Crippen molar-refractivity contribution in [3.63, 3.8) is 0 Å². The summed E-state index contributed by atoms with van der Waals surface area (Å²) in [4.78, 5) is 0. The molecule has 0 aliphatic carbocycles. The normalized spacial score (nSPS) is 13.0. The molecule has 21 heavy (non-hydrogen) atoms. The van der Waals surface area contributed by atoms with Crippen molar-refractivity contribution in [3.05, 3.63) is 65.3 Å². The number of hydrogen-bond donors (Lipinski definition) is 0. The van der Waals surface area contributed by atoms with Crippen molar-refractivity contribution in [2.75, 3.05) is 6.61 Å². The molecule has 0 saturated carbocycles. The minimum absolute atomic E-state index is 0.672. The van der Waals surface area contributed by atoms with E-state index in [1.165, 1.54) is 5.56 Å². The maximum atomic E-state index is 6.11. The SMILES string of the molecule is Clc1cccc(-n2ncc3c2-c2ccccc2OCC3)c1. The van der Waals surface area contributed by atoms with E-state index in [1.54, 1.807) is 0 Å². The van der Waals surface area contributed by atoms with Gasteiger partial charge in [0.1, 0.15) is 5.75 Å². The van der Waals surface area contributed by atoms with Crippen molar-refractivity contribution in [1.82, 2.24) is 9.78 Å². The predicted molar refractivity (Wildman–Crippen MR) is 83.2 cm³/mol. The van der Waals surface area contributed by atoms with Gasteiger partial charge >= 0.3 is 0 Å². The third-order valence-corrected chi connectivity index (χ3v) is 3.90. The Morgan fingerprint density at radius 2 is 2.00 bits per heavy atom. The monoisotopic (exact) mass is 296 g/mol. The van der Waals surface area contributed by atoms with Gasteiger partial charge in [-0.3, -0.25) is 0 Å². The molecule has 0 amide bonds. The van der Waals surface area contributed by atoms with Crippen LogP contribution in [0.2, 0.25) is 5.02 Å². The maximum Gasteiger partial charge on any atom is 0.128 e. The third-order valence-electron chi connectivity index (χ3n) is 3.67. The first-order valence-electron chi connectivity index (χ1n) is 6.88. The van der Waals surface area contributed by atoms with E-state index in [0.29, 0.717) is 11.6 Å². The molecule has 1 aliphatic rings. The van der Waals surface area contributed by atoms with Gasteiger partial charge in [0.15, 0.2) is 0 Å². The Morgan fingerprint density at radius 1 is 1.10 bits per heavy atom. The summed E-state index contributed by atoms with van der Waals surface area (Å²) in [5.74, 6) is 0.903. The number of rotatable bonds is 1. The fraction of sp³-hybridized carbons (Fsp3) is 0.118. The summed E-state index contributed by atoms with van der Waals surface area (Å²) in [7, 11) is 0. The summed E-state index contributed by atoms with van der Waals surface area (Å²) in [6.07, 6.45) is 2.77. The zero-order valence-electron chi connectivity index (χ0n) is 11.3. The number of fused-ring (bicyclic) bond motifs is 3. The molecule has 0 radical (unpaired) electrons. The summed E-state index contributed by atoms with van der Waals surface area (Å²) in [5.41, 5.74) is 4.31. The van der Waals surface area contributed by atoms with Crippen LogP contribution in [0.15, 0.2) is 54.7 Å². The molecule has 0 bridgehead atoms. The van der Waals surface area contributed by atoms with Crippen LogP contribution in [0.1, 0.15) is 5.56 Å². The van der Waals surface area contributed by atoms with Crippen molar-refractivity contribution >= 4 is 11.6 Å². The van der Waals surface area contributed by atoms with E-state index in [1.807, 2.05) is 53.3 Å². The van der Waals surface area contributed by atoms with Crippen LogP contribution < -0.4 is 4.74 Å². The number of nitrogens with zero attached hydrogens (tertiary/aromatic N) is 2. The Labute approximate surface area is 127 Å². The number of para-hydroxylation sites is 1. The lowest BCUT2D eigenvalue weighted by atomic mass is 10.1. The fourth-order valence-corrected chi connectivity index (χ4v) is 2.90. The first-order chi connectivity index (χ1) is 10.3. The highest BCUT2D eigenvalue weighted by atomic mass is 35.5. The average Bonchev–Trinajstić information content (AvgIpc) is 2.83. The molecule has 4 heteroatoms. The van der Waals surface area contributed by atoms with E-state index in [0.717, 1.165) is 29.1 Å². The molecule has 0 N–H and O–H groups in total. The smallest absolute Gasteiger partial charge is 0.128 e. The average molecular weight is 297 g/mol. The number of aromatic nitrogens is 2. The largest absolute Gasteiger partial charge is 0.493 e. The van der Waals surface area contributed by atoms with Gasteiger partial charge < -0.3 is 4.74 Å². The Morgan fingerprint density at radius 3 is 2.90 bits per heavy atom. The molecule has 3 aromatic rings. The van der Waals surface area contributed by atoms with Gasteiger partial charge in [0, 0.05) is 22.6 Å². The molecule has 1 aliphatic heterocycles. The van der Waals surface area contributed by atoms with Crippen molar-refractivity contribution < 1.29 is 4.74 Å². The highest BCUT2D eigenvalue weighted by Crippen LogP contribution is 2.36. The summed E-state index contributed by atoms with van der Waals surface area (Å²) in [6.45, 7) is 0.672. The minimum Gasteiger partial charge on any atom is -0.493 e. The van der Waals surface area contributed by atoms with Gasteiger partial charge in [-0.15, -0.1) is 0 Å². The van der Waals surface area contributed by atoms with Gasteiger partial charge in [-0.1, -0.05) is 29.8 Å². The van der Waals surface area contributed by atoms with E-state index >= 15 is 0 Å². The standard InChI is InChI=1S/C17H13ClN2O/c18-13-4-3-5-14(10-13)20-17-12(11-19-20)8-9-21-16-7-2-1-6-15(16)17/h1-7,10-11H,8-9H2. The van der Waals surface area contributed by atoms with Gasteiger partial charge in [-0.2, -0.15) is 5.10 Å². The van der Waals surface area contributed by atoms with Crippen LogP contribution in [0, 0.1) is 0 Å². The van der Waals surface area contributed by atoms with Crippen LogP contribution in [0.5, 0.6) is 5.75 Å². The second kappa shape index (κ2) is 4.93. The topological polar surface area (TPSA) is 27.1 Å². The van der Waals surface area contributed by atoms with Crippen molar-refractivity contribution in [1.29, 1.82) is 0 Å². The summed E-state index contributed by atoms with van der Waals surface area (Å²) >= 11 is 6.11. The van der Waals surface area contributed by atoms with Crippen molar-refractivity contribution in [2.24, 2.45) is 0 Å². The van der Waals surface area contributed by atoms with Crippen LogP contribution >= 0.6 is 11.6 Å². The van der Waals surface area contributed by atoms with E-state index in [9.17, 15) is 0 Å². The second-order valence-corrected chi connectivity index (χ2v) is 5.44. The fourth-order valence-electron chi connectivity index (χ4n) is 2.72. The summed E-state index contributed by atoms with van der Waals surface area (Å²) < 4.78 is 7.78. The molecule has 0 atom stereocenters. The maximum absolute atomic E-state index is 6.11. The molecule has 2 aromatic carbocycles. The molecular weight excluding hydrogens is 284 g/mol. The molecule has 2 heterocycles. The van der Waals surface area contributed by atoms with E-state index < -0.39 is 0 Å². The lowest BCUT2D eigenvalue weighted by Crippen LogP contribution is -1.99. The molecule has 0 saturated heterocycles. The van der Waals surface area contributed by atoms with Crippen molar-refractivity contribution in [3.8, 4) is 22.7 Å². The molecule has 0 fully saturated rings. The van der Waals surface area contributed by atoms with Gasteiger partial charge in [0.25, 0.3) is 0 Å². The number of benzene rings is 2. The number of hydrogen-bond acceptors (Lipinski definition) is 2. The van der Waals surface area contributed by atoms with Crippen LogP contribution in [0.25, 0.3) is 16.9 Å². The second-order valence-electron chi connectivity index (χ2n) is 5.00. The van der Waals surface area contributed by atoms with Gasteiger partial charge in [-0.05, 0) is 30.3 Å². The molecule has 0 spiro atoms. The molecule has 3 nitrogen and oxygen atoms in total. The quantitative estimate of drug-likeness (QED) is 0.675. The van der Waals surface area contributed by atoms with E-state index in [4.69, 9.17) is 16.3 Å². The highest BCUT2D eigenvalue weighted by molar-refractivity contribution is 6.30. The predicted octanol–water partition coefficient (Wildman–Crippen LogP) is 4.13. The lowest BCUT2D eigenvalue weighted by Gasteiger charge is -2.11. The van der Waals surface area contributed by atoms with Crippen molar-refractivity contribution in [2.45, 2.75) is 6.42 Å². The Kier molecular flexibility index (Phi) is 2.93. The first-order valence-corrected chi connectivity index (χ1v) is 7.26. The highest BCUT2D eigenvalue weighted by Gasteiger charge is 2.20. The summed E-state index contributed by atoms with van der Waals surface area (Å²) in [6, 6.07) is 15.8. The lowest BCUT2D eigenvalue weighted by molar-refractivity contribution is 0.326. The van der Waals surface area contributed by atoms with Gasteiger partial charge in [0.2, 0.25) is 0 Å².